The van der Waals surface area contributed by atoms with Crippen LogP contribution in [-0.4, -0.2) is 86.0 Å². The van der Waals surface area contributed by atoms with Crippen LogP contribution in [0.2, 0.25) is 0 Å². The van der Waals surface area contributed by atoms with Crippen molar-refractivity contribution in [2.24, 2.45) is 0 Å². The van der Waals surface area contributed by atoms with Crippen LogP contribution in [0.25, 0.3) is 10.8 Å². The normalized spacial score (nSPS) is 23.0. The largest absolute Gasteiger partial charge is 0.350 e. The number of ether oxygens (including phenoxy) is 2. The molecule has 2 N–H and O–H groups in total. The lowest BCUT2D eigenvalue weighted by molar-refractivity contribution is -0.202. The van der Waals surface area contributed by atoms with Crippen molar-refractivity contribution in [1.29, 1.82) is 0 Å². The molecule has 14 nitrogen and oxygen atoms in total. The van der Waals surface area contributed by atoms with Crippen LogP contribution >= 0.6 is 0 Å². The van der Waals surface area contributed by atoms with Crippen molar-refractivity contribution in [1.82, 2.24) is 25.2 Å². The van der Waals surface area contributed by atoms with E-state index in [1.165, 1.54) is 16.7 Å². The summed E-state index contributed by atoms with van der Waals surface area (Å²) in [6, 6.07) is 11.2. The quantitative estimate of drug-likeness (QED) is 0.330. The Balaban J connectivity index is 1.18. The lowest BCUT2D eigenvalue weighted by Gasteiger charge is -2.39. The minimum Gasteiger partial charge on any atom is -0.350 e. The van der Waals surface area contributed by atoms with Gasteiger partial charge in [0, 0.05) is 58.1 Å². The number of rotatable bonds is 9. The summed E-state index contributed by atoms with van der Waals surface area (Å²) in [5.74, 6) is -0.933. The number of nitrogens with zero attached hydrogens (tertiary/aromatic N) is 4. The molecule has 1 aromatic heterocycles. The Morgan fingerprint density at radius 1 is 0.844 bits per heavy atom. The van der Waals surface area contributed by atoms with Gasteiger partial charge >= 0.3 is 0 Å². The van der Waals surface area contributed by atoms with Crippen LogP contribution in [0.4, 0.5) is 5.95 Å². The van der Waals surface area contributed by atoms with Crippen LogP contribution in [0.5, 0.6) is 0 Å². The van der Waals surface area contributed by atoms with E-state index in [9.17, 15) is 18.0 Å². The van der Waals surface area contributed by atoms with Gasteiger partial charge in [0.2, 0.25) is 16.0 Å². The molecular weight excluding hydrogens is 604 g/mol. The molecule has 4 heterocycles. The molecule has 0 saturated carbocycles. The van der Waals surface area contributed by atoms with E-state index in [0.717, 1.165) is 36.5 Å². The highest BCUT2D eigenvalue weighted by atomic mass is 32.2. The van der Waals surface area contributed by atoms with E-state index < -0.39 is 40.5 Å². The number of hydroxylamine groups is 2. The Labute approximate surface area is 260 Å². The molecule has 2 aromatic carbocycles. The standard InChI is InChI=1S/C30H36N6O8S/c37-28(33-43-26-9-3-5-15-41-26)23-18-31-30(32-19-23)35-13-14-36(25(20-35)29(38)34-44-27-10-4-6-16-42-27)45(39,40)24-12-11-21-7-1-2-8-22(21)17-24/h1-2,7-8,11-12,17-19,25-27H,3-6,9-10,13-16,20H2,(H,33,37)(H,34,38). The van der Waals surface area contributed by atoms with E-state index in [1.54, 1.807) is 23.1 Å². The van der Waals surface area contributed by atoms with E-state index in [4.69, 9.17) is 19.1 Å². The molecule has 3 saturated heterocycles. The Kier molecular flexibility index (Phi) is 9.82. The van der Waals surface area contributed by atoms with Crippen LogP contribution in [0.15, 0.2) is 59.8 Å². The number of hydrogen-bond donors (Lipinski definition) is 2. The van der Waals surface area contributed by atoms with E-state index in [2.05, 4.69) is 20.9 Å². The smallest absolute Gasteiger partial charge is 0.278 e. The molecule has 3 atom stereocenters. The van der Waals surface area contributed by atoms with Gasteiger partial charge in [-0.25, -0.2) is 39.0 Å². The van der Waals surface area contributed by atoms with Gasteiger partial charge in [0.25, 0.3) is 11.8 Å². The molecular formula is C30H36N6O8S. The van der Waals surface area contributed by atoms with Gasteiger partial charge in [0.05, 0.1) is 10.5 Å². The molecule has 3 aliphatic rings. The van der Waals surface area contributed by atoms with Crippen molar-refractivity contribution in [3.05, 3.63) is 60.4 Å². The average Bonchev–Trinajstić information content (AvgIpc) is 3.10. The summed E-state index contributed by atoms with van der Waals surface area (Å²) in [6.07, 6.45) is 6.60. The van der Waals surface area contributed by atoms with Gasteiger partial charge in [-0.2, -0.15) is 4.31 Å². The zero-order chi connectivity index (χ0) is 31.2. The van der Waals surface area contributed by atoms with E-state index in [-0.39, 0.29) is 36.0 Å². The van der Waals surface area contributed by atoms with Crippen molar-refractivity contribution in [2.75, 3.05) is 37.7 Å². The Morgan fingerprint density at radius 3 is 2.18 bits per heavy atom. The fourth-order valence-electron chi connectivity index (χ4n) is 5.49. The molecule has 0 bridgehead atoms. The third kappa shape index (κ3) is 7.40. The number of carbonyl (C=O) groups is 2. The maximum absolute atomic E-state index is 14.0. The number of fused-ring (bicyclic) bond motifs is 1. The lowest BCUT2D eigenvalue weighted by atomic mass is 10.1. The van der Waals surface area contributed by atoms with Crippen LogP contribution < -0.4 is 15.9 Å². The van der Waals surface area contributed by atoms with Crippen LogP contribution in [-0.2, 0) is 34.0 Å². The van der Waals surface area contributed by atoms with Gasteiger partial charge in [-0.15, -0.1) is 0 Å². The van der Waals surface area contributed by atoms with Crippen LogP contribution in [0, 0.1) is 0 Å². The molecule has 3 fully saturated rings. The second kappa shape index (κ2) is 14.1. The number of nitrogens with one attached hydrogen (secondary N) is 2. The summed E-state index contributed by atoms with van der Waals surface area (Å²) in [6.45, 7) is 1.23. The van der Waals surface area contributed by atoms with Crippen molar-refractivity contribution in [3.63, 3.8) is 0 Å². The van der Waals surface area contributed by atoms with E-state index in [1.807, 2.05) is 24.3 Å². The lowest BCUT2D eigenvalue weighted by Crippen LogP contribution is -2.61. The highest BCUT2D eigenvalue weighted by Crippen LogP contribution is 2.27. The van der Waals surface area contributed by atoms with Crippen molar-refractivity contribution in [3.8, 4) is 0 Å². The van der Waals surface area contributed by atoms with Gasteiger partial charge in [0.15, 0.2) is 12.6 Å². The van der Waals surface area contributed by atoms with E-state index >= 15 is 0 Å². The third-order valence-electron chi connectivity index (χ3n) is 7.99. The minimum atomic E-state index is -4.09. The molecule has 0 radical (unpaired) electrons. The molecule has 6 rings (SSSR count). The first-order chi connectivity index (χ1) is 21.9. The van der Waals surface area contributed by atoms with Gasteiger partial charge in [0.1, 0.15) is 6.04 Å². The number of hydrogen-bond acceptors (Lipinski definition) is 11. The van der Waals surface area contributed by atoms with Crippen LogP contribution in [0.1, 0.15) is 48.9 Å². The maximum atomic E-state index is 14.0. The topological polar surface area (TPSA) is 162 Å². The van der Waals surface area contributed by atoms with Gasteiger partial charge < -0.3 is 14.4 Å². The number of anilines is 1. The highest BCUT2D eigenvalue weighted by Gasteiger charge is 2.41. The van der Waals surface area contributed by atoms with Crippen LogP contribution in [0.3, 0.4) is 0 Å². The van der Waals surface area contributed by atoms with Crippen molar-refractivity contribution >= 4 is 38.6 Å². The average molecular weight is 641 g/mol. The molecule has 3 aromatic rings. The second-order valence-corrected chi connectivity index (χ2v) is 13.0. The first kappa shape index (κ1) is 31.3. The number of sulfonamides is 1. The zero-order valence-corrected chi connectivity index (χ0v) is 25.5. The molecule has 240 valence electrons. The predicted molar refractivity (Wildman–Crippen MR) is 161 cm³/mol. The molecule has 0 aliphatic carbocycles. The molecule has 3 aliphatic heterocycles. The summed E-state index contributed by atoms with van der Waals surface area (Å²) >= 11 is 0. The fourth-order valence-corrected chi connectivity index (χ4v) is 7.10. The number of carbonyl (C=O) groups excluding carboxylic acids is 2. The van der Waals surface area contributed by atoms with Gasteiger partial charge in [-0.3, -0.25) is 9.59 Å². The van der Waals surface area contributed by atoms with Gasteiger partial charge in [-0.05, 0) is 48.6 Å². The summed E-state index contributed by atoms with van der Waals surface area (Å²) < 4.78 is 40.1. The number of aromatic nitrogens is 2. The molecule has 45 heavy (non-hydrogen) atoms. The van der Waals surface area contributed by atoms with Gasteiger partial charge in [-0.1, -0.05) is 30.3 Å². The zero-order valence-electron chi connectivity index (χ0n) is 24.7. The SMILES string of the molecule is O=C(NOC1CCCCO1)c1cnc(N2CCN(S(=O)(=O)c3ccc4ccccc4c3)C(C(=O)NOC3CCCCO3)C2)nc1. The molecule has 0 spiro atoms. The second-order valence-electron chi connectivity index (χ2n) is 11.1. The highest BCUT2D eigenvalue weighted by molar-refractivity contribution is 7.89. The first-order valence-corrected chi connectivity index (χ1v) is 16.5. The molecule has 2 amide bonds. The van der Waals surface area contributed by atoms with Crippen molar-refractivity contribution < 1.29 is 37.2 Å². The molecule has 3 unspecified atom stereocenters. The predicted octanol–water partition coefficient (Wildman–Crippen LogP) is 2.27. The first-order valence-electron chi connectivity index (χ1n) is 15.1. The number of piperazine rings is 1. The summed E-state index contributed by atoms with van der Waals surface area (Å²) in [5.41, 5.74) is 4.97. The summed E-state index contributed by atoms with van der Waals surface area (Å²) in [7, 11) is -4.09. The maximum Gasteiger partial charge on any atom is 0.278 e. The Bertz CT molecular complexity index is 1600. The van der Waals surface area contributed by atoms with E-state index in [0.29, 0.717) is 26.1 Å². The Hall–Kier alpha value is -3.73. The summed E-state index contributed by atoms with van der Waals surface area (Å²) in [5, 5.41) is 1.67. The molecule has 15 heteroatoms. The number of amides is 2. The summed E-state index contributed by atoms with van der Waals surface area (Å²) in [4.78, 5) is 47.4. The minimum absolute atomic E-state index is 0.0198. The number of benzene rings is 2. The Morgan fingerprint density at radius 2 is 1.51 bits per heavy atom. The third-order valence-corrected chi connectivity index (χ3v) is 9.90. The van der Waals surface area contributed by atoms with Crippen molar-refractivity contribution in [2.45, 2.75) is 62.0 Å². The monoisotopic (exact) mass is 640 g/mol. The fraction of sp³-hybridized carbons (Fsp3) is 0.467.